The summed E-state index contributed by atoms with van der Waals surface area (Å²) in [5.41, 5.74) is 3.32. The highest BCUT2D eigenvalue weighted by Gasteiger charge is 2.10. The van der Waals surface area contributed by atoms with Crippen molar-refractivity contribution in [2.75, 3.05) is 7.11 Å². The summed E-state index contributed by atoms with van der Waals surface area (Å²) >= 11 is 3.33. The van der Waals surface area contributed by atoms with Gasteiger partial charge in [-0.15, -0.1) is 21.5 Å². The summed E-state index contributed by atoms with van der Waals surface area (Å²) < 4.78 is 7.27. The van der Waals surface area contributed by atoms with E-state index in [1.165, 1.54) is 5.56 Å². The molecule has 0 saturated carbocycles. The maximum atomic E-state index is 5.30. The van der Waals surface area contributed by atoms with Crippen molar-refractivity contribution in [2.24, 2.45) is 0 Å². The predicted octanol–water partition coefficient (Wildman–Crippen LogP) is 4.62. The Bertz CT molecular complexity index is 1010. The van der Waals surface area contributed by atoms with Gasteiger partial charge in [0.05, 0.1) is 23.5 Å². The molecule has 7 heteroatoms. The first-order valence-corrected chi connectivity index (χ1v) is 10.3. The number of rotatable bonds is 7. The third-order valence-corrected chi connectivity index (χ3v) is 5.87. The molecule has 136 valence electrons. The first-order valence-electron chi connectivity index (χ1n) is 8.46. The zero-order valence-electron chi connectivity index (χ0n) is 14.8. The van der Waals surface area contributed by atoms with Crippen LogP contribution in [0.25, 0.3) is 5.69 Å². The smallest absolute Gasteiger partial charge is 0.195 e. The minimum absolute atomic E-state index is 0.758. The highest BCUT2D eigenvalue weighted by Crippen LogP contribution is 2.26. The van der Waals surface area contributed by atoms with Crippen LogP contribution in [0, 0.1) is 0 Å². The van der Waals surface area contributed by atoms with Crippen molar-refractivity contribution in [3.8, 4) is 11.4 Å². The fourth-order valence-corrected chi connectivity index (χ4v) is 4.42. The molecular formula is C20H18N4OS2. The molecule has 4 rings (SSSR count). The summed E-state index contributed by atoms with van der Waals surface area (Å²) in [4.78, 5) is 4.76. The molecule has 5 nitrogen and oxygen atoms in total. The van der Waals surface area contributed by atoms with E-state index in [1.807, 2.05) is 34.9 Å². The lowest BCUT2D eigenvalue weighted by molar-refractivity contribution is 0.414. The first kappa shape index (κ1) is 17.8. The number of hydrogen-bond donors (Lipinski definition) is 0. The fourth-order valence-electron chi connectivity index (χ4n) is 2.67. The van der Waals surface area contributed by atoms with Crippen LogP contribution in [-0.2, 0) is 12.2 Å². The van der Waals surface area contributed by atoms with Crippen LogP contribution in [0.5, 0.6) is 5.75 Å². The third kappa shape index (κ3) is 4.37. The molecule has 0 atom stereocenters. The van der Waals surface area contributed by atoms with Gasteiger partial charge in [0.25, 0.3) is 0 Å². The maximum Gasteiger partial charge on any atom is 0.195 e. The number of thioether (sulfide) groups is 1. The van der Waals surface area contributed by atoms with Crippen molar-refractivity contribution in [3.63, 3.8) is 0 Å². The fraction of sp³-hybridized carbons (Fsp3) is 0.150. The van der Waals surface area contributed by atoms with E-state index in [1.54, 1.807) is 36.5 Å². The number of benzene rings is 2. The highest BCUT2D eigenvalue weighted by molar-refractivity contribution is 7.98. The van der Waals surface area contributed by atoms with Gasteiger partial charge in [-0.1, -0.05) is 48.2 Å². The topological polar surface area (TPSA) is 52.8 Å². The Balaban J connectivity index is 1.43. The summed E-state index contributed by atoms with van der Waals surface area (Å²) in [6.07, 6.45) is 2.59. The Morgan fingerprint density at radius 1 is 1.11 bits per heavy atom. The Morgan fingerprint density at radius 3 is 2.85 bits per heavy atom. The lowest BCUT2D eigenvalue weighted by Crippen LogP contribution is -1.96. The second-order valence-electron chi connectivity index (χ2n) is 5.87. The molecule has 0 bridgehead atoms. The van der Waals surface area contributed by atoms with E-state index >= 15 is 0 Å². The van der Waals surface area contributed by atoms with Crippen LogP contribution in [0.1, 0.15) is 16.3 Å². The third-order valence-electron chi connectivity index (χ3n) is 3.99. The van der Waals surface area contributed by atoms with Crippen LogP contribution < -0.4 is 4.74 Å². The molecule has 0 radical (unpaired) electrons. The Morgan fingerprint density at radius 2 is 2.00 bits per heavy atom. The van der Waals surface area contributed by atoms with Gasteiger partial charge >= 0.3 is 0 Å². The molecule has 0 saturated heterocycles. The van der Waals surface area contributed by atoms with E-state index in [-0.39, 0.29) is 0 Å². The number of ether oxygens (including phenoxy) is 1. The lowest BCUT2D eigenvalue weighted by Gasteiger charge is -2.07. The number of thiazole rings is 1. The standard InChI is InChI=1S/C20H18N4OS2/c1-25-18-9-5-8-17(11-18)24-14-21-23-20(24)27-13-16-12-26-19(22-16)10-15-6-3-2-4-7-15/h2-9,11-12,14H,10,13H2,1H3. The molecule has 2 aromatic carbocycles. The summed E-state index contributed by atoms with van der Waals surface area (Å²) in [5, 5.41) is 12.4. The van der Waals surface area contributed by atoms with E-state index in [0.29, 0.717) is 0 Å². The molecule has 2 heterocycles. The molecular weight excluding hydrogens is 376 g/mol. The Labute approximate surface area is 166 Å². The average Bonchev–Trinajstić information content (AvgIpc) is 3.36. The molecule has 0 spiro atoms. The minimum atomic E-state index is 0.758. The second kappa shape index (κ2) is 8.37. The predicted molar refractivity (Wildman–Crippen MR) is 109 cm³/mol. The summed E-state index contributed by atoms with van der Waals surface area (Å²) in [7, 11) is 1.66. The molecule has 0 amide bonds. The van der Waals surface area contributed by atoms with E-state index in [9.17, 15) is 0 Å². The number of aromatic nitrogens is 4. The number of hydrogen-bond acceptors (Lipinski definition) is 6. The van der Waals surface area contributed by atoms with Crippen LogP contribution >= 0.6 is 23.1 Å². The van der Waals surface area contributed by atoms with E-state index < -0.39 is 0 Å². The van der Waals surface area contributed by atoms with Crippen LogP contribution in [0.4, 0.5) is 0 Å². The van der Waals surface area contributed by atoms with Crippen molar-refractivity contribution >= 4 is 23.1 Å². The van der Waals surface area contributed by atoms with E-state index in [4.69, 9.17) is 9.72 Å². The van der Waals surface area contributed by atoms with E-state index in [2.05, 4.69) is 39.8 Å². The molecule has 4 aromatic rings. The number of nitrogens with zero attached hydrogens (tertiary/aromatic N) is 4. The average molecular weight is 395 g/mol. The minimum Gasteiger partial charge on any atom is -0.497 e. The SMILES string of the molecule is COc1cccc(-n2cnnc2SCc2csc(Cc3ccccc3)n2)c1. The van der Waals surface area contributed by atoms with Gasteiger partial charge in [-0.25, -0.2) is 4.98 Å². The molecule has 2 aromatic heterocycles. The van der Waals surface area contributed by atoms with Crippen molar-refractivity contribution in [1.29, 1.82) is 0 Å². The molecule has 0 aliphatic heterocycles. The van der Waals surface area contributed by atoms with Gasteiger partial charge in [0.2, 0.25) is 0 Å². The monoisotopic (exact) mass is 394 g/mol. The molecule has 27 heavy (non-hydrogen) atoms. The zero-order valence-corrected chi connectivity index (χ0v) is 16.4. The van der Waals surface area contributed by atoms with Gasteiger partial charge in [-0.2, -0.15) is 0 Å². The molecule has 0 aliphatic rings. The largest absolute Gasteiger partial charge is 0.497 e. The molecule has 0 fully saturated rings. The summed E-state index contributed by atoms with van der Waals surface area (Å²) in [6, 6.07) is 18.3. The molecule has 0 N–H and O–H groups in total. The maximum absolute atomic E-state index is 5.30. The Kier molecular flexibility index (Phi) is 5.50. The normalized spacial score (nSPS) is 10.9. The van der Waals surface area contributed by atoms with Crippen molar-refractivity contribution in [3.05, 3.63) is 82.6 Å². The van der Waals surface area contributed by atoms with Gasteiger partial charge in [0.1, 0.15) is 12.1 Å². The van der Waals surface area contributed by atoms with Gasteiger partial charge in [0.15, 0.2) is 5.16 Å². The van der Waals surface area contributed by atoms with E-state index in [0.717, 1.165) is 39.5 Å². The second-order valence-corrected chi connectivity index (χ2v) is 7.75. The van der Waals surface area contributed by atoms with Gasteiger partial charge in [-0.3, -0.25) is 4.57 Å². The van der Waals surface area contributed by atoms with Crippen molar-refractivity contribution in [1.82, 2.24) is 19.7 Å². The van der Waals surface area contributed by atoms with Crippen LogP contribution in [0.3, 0.4) is 0 Å². The van der Waals surface area contributed by atoms with Crippen LogP contribution in [0.2, 0.25) is 0 Å². The first-order chi connectivity index (χ1) is 13.3. The van der Waals surface area contributed by atoms with Crippen LogP contribution in [-0.4, -0.2) is 26.9 Å². The van der Waals surface area contributed by atoms with Crippen molar-refractivity contribution < 1.29 is 4.74 Å². The van der Waals surface area contributed by atoms with Crippen LogP contribution in [0.15, 0.2) is 71.5 Å². The lowest BCUT2D eigenvalue weighted by atomic mass is 10.2. The van der Waals surface area contributed by atoms with Gasteiger partial charge in [-0.05, 0) is 17.7 Å². The quantitative estimate of drug-likeness (QED) is 0.428. The molecule has 0 aliphatic carbocycles. The summed E-state index contributed by atoms with van der Waals surface area (Å²) in [6.45, 7) is 0. The van der Waals surface area contributed by atoms with Gasteiger partial charge < -0.3 is 4.74 Å². The zero-order chi connectivity index (χ0) is 18.5. The number of methoxy groups -OCH3 is 1. The summed E-state index contributed by atoms with van der Waals surface area (Å²) in [5.74, 6) is 1.57. The molecule has 0 unspecified atom stereocenters. The highest BCUT2D eigenvalue weighted by atomic mass is 32.2. The van der Waals surface area contributed by atoms with Crippen molar-refractivity contribution in [2.45, 2.75) is 17.3 Å². The van der Waals surface area contributed by atoms with Gasteiger partial charge in [0, 0.05) is 23.6 Å². The Hall–Kier alpha value is -2.64.